The molecule has 0 spiro atoms. The van der Waals surface area contributed by atoms with Gasteiger partial charge in [-0.25, -0.2) is 0 Å². The number of carbonyl (C=O) groups is 1. The molecule has 0 amide bonds. The molecule has 0 aliphatic heterocycles. The second kappa shape index (κ2) is 2.85. The molecule has 0 aromatic carbocycles. The Balaban J connectivity index is 2.93. The van der Waals surface area contributed by atoms with Crippen molar-refractivity contribution < 1.29 is 22.4 Å². The highest BCUT2D eigenvalue weighted by Crippen LogP contribution is 2.25. The van der Waals surface area contributed by atoms with Crippen LogP contribution in [0.25, 0.3) is 0 Å². The van der Waals surface area contributed by atoms with Crippen LogP contribution in [0.5, 0.6) is 0 Å². The van der Waals surface area contributed by atoms with Gasteiger partial charge in [0.2, 0.25) is 0 Å². The first-order valence-corrected chi connectivity index (χ1v) is 3.60. The van der Waals surface area contributed by atoms with E-state index in [1.54, 1.807) is 0 Å². The number of thiophene rings is 1. The van der Waals surface area contributed by atoms with E-state index in [1.165, 1.54) is 0 Å². The Morgan fingerprint density at radius 2 is 1.92 bits per heavy atom. The Morgan fingerprint density at radius 1 is 1.33 bits per heavy atom. The van der Waals surface area contributed by atoms with E-state index >= 15 is 0 Å². The van der Waals surface area contributed by atoms with Crippen LogP contribution >= 0.6 is 11.3 Å². The lowest BCUT2D eigenvalue weighted by atomic mass is 10.3. The first kappa shape index (κ1) is 9.18. The smallest absolute Gasteiger partial charge is 0.283 e. The van der Waals surface area contributed by atoms with Gasteiger partial charge in [0, 0.05) is 0 Å². The van der Waals surface area contributed by atoms with Crippen molar-refractivity contribution in [3.63, 3.8) is 0 Å². The predicted molar refractivity (Wildman–Crippen MR) is 34.7 cm³/mol. The molecule has 0 fully saturated rings. The largest absolute Gasteiger partial charge is 0.455 e. The van der Waals surface area contributed by atoms with Crippen molar-refractivity contribution in [2.75, 3.05) is 0 Å². The topological polar surface area (TPSA) is 17.1 Å². The summed E-state index contributed by atoms with van der Waals surface area (Å²) in [5, 5.41) is -0.803. The van der Waals surface area contributed by atoms with E-state index in [0.29, 0.717) is 0 Å². The van der Waals surface area contributed by atoms with Crippen molar-refractivity contribution in [3.05, 3.63) is 22.1 Å². The normalized spacial score (nSPS) is 11.7. The molecule has 66 valence electrons. The minimum absolute atomic E-state index is 0.187. The zero-order chi connectivity index (χ0) is 9.35. The molecule has 1 nitrogen and oxygen atoms in total. The summed E-state index contributed by atoms with van der Waals surface area (Å²) in [5.41, 5.74) is 0. The van der Waals surface area contributed by atoms with E-state index in [2.05, 4.69) is 0 Å². The molecule has 0 aliphatic rings. The zero-order valence-electron chi connectivity index (χ0n) is 5.48. The summed E-state index contributed by atoms with van der Waals surface area (Å²) >= 11 is 0.187. The van der Waals surface area contributed by atoms with Crippen LogP contribution in [0.1, 0.15) is 9.67 Å². The summed E-state index contributed by atoms with van der Waals surface area (Å²) in [6.07, 6.45) is -4.92. The molecule has 0 atom stereocenters. The Labute approximate surface area is 68.6 Å². The van der Waals surface area contributed by atoms with Crippen molar-refractivity contribution in [1.29, 1.82) is 0 Å². The molecule has 0 radical (unpaired) electrons. The number of ketones is 1. The van der Waals surface area contributed by atoms with E-state index in [9.17, 15) is 22.4 Å². The minimum Gasteiger partial charge on any atom is -0.283 e. The molecular weight excluding hydrogens is 196 g/mol. The first-order valence-electron chi connectivity index (χ1n) is 2.78. The quantitative estimate of drug-likeness (QED) is 0.500. The Morgan fingerprint density at radius 3 is 2.25 bits per heavy atom. The van der Waals surface area contributed by atoms with Gasteiger partial charge in [0.25, 0.3) is 5.78 Å². The molecule has 1 heterocycles. The maximum Gasteiger partial charge on any atom is 0.455 e. The van der Waals surface area contributed by atoms with Crippen LogP contribution in [0.2, 0.25) is 0 Å². The summed E-state index contributed by atoms with van der Waals surface area (Å²) in [7, 11) is 0. The maximum absolute atomic E-state index is 12.2. The lowest BCUT2D eigenvalue weighted by Crippen LogP contribution is -2.21. The summed E-state index contributed by atoms with van der Waals surface area (Å²) in [6, 6.07) is 1.64. The van der Waals surface area contributed by atoms with Gasteiger partial charge >= 0.3 is 6.18 Å². The summed E-state index contributed by atoms with van der Waals surface area (Å²) < 4.78 is 47.2. The fourth-order valence-corrected chi connectivity index (χ4v) is 1.27. The monoisotopic (exact) mass is 198 g/mol. The van der Waals surface area contributed by atoms with E-state index in [1.807, 2.05) is 0 Å². The van der Waals surface area contributed by atoms with Crippen LogP contribution < -0.4 is 0 Å². The van der Waals surface area contributed by atoms with E-state index in [-0.39, 0.29) is 11.3 Å². The lowest BCUT2D eigenvalue weighted by Gasteiger charge is -2.00. The standard InChI is InChI=1S/C6H2F4OS/c7-4-2-1-3(12-4)5(11)6(8,9)10/h1-2H. The number of rotatable bonds is 1. The first-order chi connectivity index (χ1) is 5.41. The zero-order valence-corrected chi connectivity index (χ0v) is 6.30. The van der Waals surface area contributed by atoms with Gasteiger partial charge in [0.15, 0.2) is 5.13 Å². The number of hydrogen-bond donors (Lipinski definition) is 0. The number of hydrogen-bond acceptors (Lipinski definition) is 2. The second-order valence-electron chi connectivity index (χ2n) is 1.93. The average Bonchev–Trinajstić information content (AvgIpc) is 2.32. The van der Waals surface area contributed by atoms with Gasteiger partial charge in [-0.05, 0) is 12.1 Å². The lowest BCUT2D eigenvalue weighted by molar-refractivity contribution is -0.0882. The Hall–Kier alpha value is -0.910. The molecule has 0 saturated heterocycles. The molecule has 0 unspecified atom stereocenters. The van der Waals surface area contributed by atoms with Gasteiger partial charge in [-0.1, -0.05) is 0 Å². The minimum atomic E-state index is -4.92. The molecule has 6 heteroatoms. The molecule has 1 rings (SSSR count). The van der Waals surface area contributed by atoms with Crippen LogP contribution in [-0.4, -0.2) is 12.0 Å². The molecule has 12 heavy (non-hydrogen) atoms. The fraction of sp³-hybridized carbons (Fsp3) is 0.167. The van der Waals surface area contributed by atoms with Gasteiger partial charge in [-0.3, -0.25) is 4.79 Å². The van der Waals surface area contributed by atoms with Crippen LogP contribution in [-0.2, 0) is 0 Å². The van der Waals surface area contributed by atoms with Crippen molar-refractivity contribution in [1.82, 2.24) is 0 Å². The molecule has 1 aromatic rings. The molecule has 1 aromatic heterocycles. The van der Waals surface area contributed by atoms with Crippen molar-refractivity contribution >= 4 is 17.1 Å². The highest BCUT2D eigenvalue weighted by atomic mass is 32.1. The van der Waals surface area contributed by atoms with E-state index < -0.39 is 22.0 Å². The summed E-state index contributed by atoms with van der Waals surface area (Å²) in [6.45, 7) is 0. The third kappa shape index (κ3) is 1.82. The predicted octanol–water partition coefficient (Wildman–Crippen LogP) is 2.63. The molecular formula is C6H2F4OS. The summed E-state index contributed by atoms with van der Waals surface area (Å²) in [4.78, 5) is 9.77. The van der Waals surface area contributed by atoms with Gasteiger partial charge in [-0.2, -0.15) is 17.6 Å². The van der Waals surface area contributed by atoms with Gasteiger partial charge in [0.1, 0.15) is 0 Å². The molecule has 0 N–H and O–H groups in total. The van der Waals surface area contributed by atoms with Crippen molar-refractivity contribution in [3.8, 4) is 0 Å². The Bertz CT molecular complexity index is 301. The van der Waals surface area contributed by atoms with Crippen LogP contribution in [0.15, 0.2) is 12.1 Å². The number of halogens is 4. The van der Waals surface area contributed by atoms with E-state index in [0.717, 1.165) is 12.1 Å². The number of alkyl halides is 3. The molecule has 0 saturated carbocycles. The highest BCUT2D eigenvalue weighted by Gasteiger charge is 2.40. The highest BCUT2D eigenvalue weighted by molar-refractivity contribution is 7.12. The average molecular weight is 198 g/mol. The summed E-state index contributed by atoms with van der Waals surface area (Å²) in [5.74, 6) is -2.00. The second-order valence-corrected chi connectivity index (χ2v) is 2.96. The SMILES string of the molecule is O=C(c1ccc(F)s1)C(F)(F)F. The number of Topliss-reactive ketones (excluding diaryl/α,β-unsaturated/α-hetero) is 1. The molecule has 0 aliphatic carbocycles. The Kier molecular flexibility index (Phi) is 2.18. The van der Waals surface area contributed by atoms with Gasteiger partial charge in [-0.15, -0.1) is 11.3 Å². The van der Waals surface area contributed by atoms with Gasteiger partial charge < -0.3 is 0 Å². The van der Waals surface area contributed by atoms with Crippen LogP contribution in [0.3, 0.4) is 0 Å². The van der Waals surface area contributed by atoms with Crippen LogP contribution in [0, 0.1) is 5.13 Å². The maximum atomic E-state index is 12.2. The van der Waals surface area contributed by atoms with Crippen molar-refractivity contribution in [2.24, 2.45) is 0 Å². The fourth-order valence-electron chi connectivity index (χ4n) is 0.576. The molecule has 0 bridgehead atoms. The van der Waals surface area contributed by atoms with Crippen LogP contribution in [0.4, 0.5) is 17.6 Å². The third-order valence-corrected chi connectivity index (χ3v) is 1.93. The van der Waals surface area contributed by atoms with Gasteiger partial charge in [0.05, 0.1) is 4.88 Å². The third-order valence-electron chi connectivity index (χ3n) is 1.05. The number of carbonyl (C=O) groups excluding carboxylic acids is 1. The van der Waals surface area contributed by atoms with Crippen molar-refractivity contribution in [2.45, 2.75) is 6.18 Å². The van der Waals surface area contributed by atoms with E-state index in [4.69, 9.17) is 0 Å².